The summed E-state index contributed by atoms with van der Waals surface area (Å²) in [6, 6.07) is 6.25. The zero-order valence-corrected chi connectivity index (χ0v) is 14.9. The van der Waals surface area contributed by atoms with Gasteiger partial charge in [-0.2, -0.15) is 13.2 Å². The predicted octanol–water partition coefficient (Wildman–Crippen LogP) is 3.45. The lowest BCUT2D eigenvalue weighted by atomic mass is 10.0. The standard InChI is InChI=1S/C19H21F3N4O/c1-13(14-4-8-23-9-5-14)26-10-6-16(7-11-26)25-18(27)15-2-3-17(24-12-15)19(20,21)22/h2-5,8-9,12-13,16H,6-7,10-11H2,1H3,(H,25,27). The second-order valence-corrected chi connectivity index (χ2v) is 6.67. The molecule has 27 heavy (non-hydrogen) atoms. The summed E-state index contributed by atoms with van der Waals surface area (Å²) in [6.07, 6.45) is 1.59. The topological polar surface area (TPSA) is 58.1 Å². The molecule has 5 nitrogen and oxygen atoms in total. The van der Waals surface area contributed by atoms with Gasteiger partial charge in [0.25, 0.3) is 5.91 Å². The van der Waals surface area contributed by atoms with E-state index in [0.29, 0.717) is 0 Å². The Morgan fingerprint density at radius 1 is 1.19 bits per heavy atom. The van der Waals surface area contributed by atoms with Crippen LogP contribution in [-0.2, 0) is 6.18 Å². The van der Waals surface area contributed by atoms with Gasteiger partial charge in [-0.15, -0.1) is 0 Å². The molecule has 1 amide bonds. The van der Waals surface area contributed by atoms with Crippen molar-refractivity contribution in [2.45, 2.75) is 38.0 Å². The molecule has 0 radical (unpaired) electrons. The summed E-state index contributed by atoms with van der Waals surface area (Å²) in [6.45, 7) is 3.81. The molecule has 0 bridgehead atoms. The Balaban J connectivity index is 1.52. The maximum absolute atomic E-state index is 12.5. The number of piperidine rings is 1. The number of halogens is 3. The molecular weight excluding hydrogens is 357 g/mol. The van der Waals surface area contributed by atoms with Gasteiger partial charge in [0, 0.05) is 43.8 Å². The Hall–Kier alpha value is -2.48. The average molecular weight is 378 g/mol. The Labute approximate surface area is 155 Å². The third-order valence-electron chi connectivity index (χ3n) is 4.92. The number of carbonyl (C=O) groups excluding carboxylic acids is 1. The number of likely N-dealkylation sites (tertiary alicyclic amines) is 1. The summed E-state index contributed by atoms with van der Waals surface area (Å²) < 4.78 is 37.6. The van der Waals surface area contributed by atoms with Gasteiger partial charge in [0.1, 0.15) is 5.69 Å². The van der Waals surface area contributed by atoms with Crippen LogP contribution >= 0.6 is 0 Å². The van der Waals surface area contributed by atoms with E-state index in [1.807, 2.05) is 12.1 Å². The van der Waals surface area contributed by atoms with E-state index in [9.17, 15) is 18.0 Å². The van der Waals surface area contributed by atoms with Crippen LogP contribution in [0.15, 0.2) is 42.9 Å². The van der Waals surface area contributed by atoms with Gasteiger partial charge in [0.05, 0.1) is 5.56 Å². The first-order chi connectivity index (χ1) is 12.8. The lowest BCUT2D eigenvalue weighted by molar-refractivity contribution is -0.141. The van der Waals surface area contributed by atoms with E-state index in [4.69, 9.17) is 0 Å². The largest absolute Gasteiger partial charge is 0.433 e. The molecule has 1 aliphatic heterocycles. The second kappa shape index (κ2) is 8.04. The van der Waals surface area contributed by atoms with Crippen molar-refractivity contribution in [3.63, 3.8) is 0 Å². The summed E-state index contributed by atoms with van der Waals surface area (Å²) in [5, 5.41) is 2.90. The number of nitrogens with zero attached hydrogens (tertiary/aromatic N) is 3. The quantitative estimate of drug-likeness (QED) is 0.885. The maximum Gasteiger partial charge on any atom is 0.433 e. The van der Waals surface area contributed by atoms with Gasteiger partial charge in [-0.1, -0.05) is 0 Å². The number of alkyl halides is 3. The maximum atomic E-state index is 12.5. The summed E-state index contributed by atoms with van der Waals surface area (Å²) in [5.41, 5.74) is 0.330. The number of pyridine rings is 2. The molecule has 2 aromatic rings. The molecule has 1 aliphatic rings. The molecule has 3 heterocycles. The smallest absolute Gasteiger partial charge is 0.349 e. The lowest BCUT2D eigenvalue weighted by Gasteiger charge is -2.36. The Morgan fingerprint density at radius 2 is 1.85 bits per heavy atom. The number of aromatic nitrogens is 2. The van der Waals surface area contributed by atoms with Crippen molar-refractivity contribution in [3.8, 4) is 0 Å². The summed E-state index contributed by atoms with van der Waals surface area (Å²) in [4.78, 5) is 22.0. The van der Waals surface area contributed by atoms with Gasteiger partial charge < -0.3 is 5.32 Å². The molecule has 0 saturated carbocycles. The van der Waals surface area contributed by atoms with Crippen molar-refractivity contribution in [3.05, 3.63) is 59.7 Å². The van der Waals surface area contributed by atoms with Gasteiger partial charge in [-0.25, -0.2) is 0 Å². The first-order valence-corrected chi connectivity index (χ1v) is 8.82. The fraction of sp³-hybridized carbons (Fsp3) is 0.421. The molecule has 0 aliphatic carbocycles. The molecule has 144 valence electrons. The van der Waals surface area contributed by atoms with Crippen LogP contribution < -0.4 is 5.32 Å². The van der Waals surface area contributed by atoms with Gasteiger partial charge in [-0.3, -0.25) is 19.7 Å². The van der Waals surface area contributed by atoms with Crippen molar-refractivity contribution >= 4 is 5.91 Å². The first-order valence-electron chi connectivity index (χ1n) is 8.82. The van der Waals surface area contributed by atoms with E-state index in [0.717, 1.165) is 44.3 Å². The van der Waals surface area contributed by atoms with E-state index in [1.165, 1.54) is 5.56 Å². The number of amides is 1. The fourth-order valence-electron chi connectivity index (χ4n) is 3.25. The van der Waals surface area contributed by atoms with Crippen LogP contribution in [0.5, 0.6) is 0 Å². The van der Waals surface area contributed by atoms with Crippen LogP contribution in [-0.4, -0.2) is 39.9 Å². The highest BCUT2D eigenvalue weighted by atomic mass is 19.4. The van der Waals surface area contributed by atoms with Crippen molar-refractivity contribution < 1.29 is 18.0 Å². The molecule has 0 spiro atoms. The Morgan fingerprint density at radius 3 is 2.41 bits per heavy atom. The highest BCUT2D eigenvalue weighted by Gasteiger charge is 2.32. The minimum Gasteiger partial charge on any atom is -0.349 e. The van der Waals surface area contributed by atoms with Crippen LogP contribution in [0.1, 0.15) is 47.4 Å². The summed E-state index contributed by atoms with van der Waals surface area (Å²) in [7, 11) is 0. The van der Waals surface area contributed by atoms with Crippen LogP contribution in [0.4, 0.5) is 13.2 Å². The molecule has 8 heteroatoms. The van der Waals surface area contributed by atoms with E-state index in [-0.39, 0.29) is 17.6 Å². The van der Waals surface area contributed by atoms with Crippen molar-refractivity contribution in [2.75, 3.05) is 13.1 Å². The minimum absolute atomic E-state index is 0.000632. The lowest BCUT2D eigenvalue weighted by Crippen LogP contribution is -2.45. The molecule has 0 aromatic carbocycles. The van der Waals surface area contributed by atoms with Gasteiger partial charge in [0.2, 0.25) is 0 Å². The zero-order chi connectivity index (χ0) is 19.4. The van der Waals surface area contributed by atoms with Crippen LogP contribution in [0, 0.1) is 0 Å². The molecule has 1 atom stereocenters. The van der Waals surface area contributed by atoms with Gasteiger partial charge in [-0.05, 0) is 49.6 Å². The molecule has 3 rings (SSSR count). The predicted molar refractivity (Wildman–Crippen MR) is 94.0 cm³/mol. The van der Waals surface area contributed by atoms with Crippen molar-refractivity contribution in [1.82, 2.24) is 20.2 Å². The highest BCUT2D eigenvalue weighted by molar-refractivity contribution is 5.94. The zero-order valence-electron chi connectivity index (χ0n) is 14.9. The Bertz CT molecular complexity index is 757. The SMILES string of the molecule is CC(c1ccncc1)N1CCC(NC(=O)c2ccc(C(F)(F)F)nc2)CC1. The third kappa shape index (κ3) is 4.82. The molecular formula is C19H21F3N4O. The molecule has 1 saturated heterocycles. The molecule has 1 unspecified atom stereocenters. The van der Waals surface area contributed by atoms with E-state index in [1.54, 1.807) is 12.4 Å². The van der Waals surface area contributed by atoms with Gasteiger partial charge >= 0.3 is 6.18 Å². The Kier molecular flexibility index (Phi) is 5.74. The average Bonchev–Trinajstić information content (AvgIpc) is 2.68. The van der Waals surface area contributed by atoms with E-state index >= 15 is 0 Å². The number of carbonyl (C=O) groups is 1. The fourth-order valence-corrected chi connectivity index (χ4v) is 3.25. The third-order valence-corrected chi connectivity index (χ3v) is 4.92. The van der Waals surface area contributed by atoms with Crippen LogP contribution in [0.25, 0.3) is 0 Å². The number of hydrogen-bond acceptors (Lipinski definition) is 4. The van der Waals surface area contributed by atoms with E-state index in [2.05, 4.69) is 27.1 Å². The monoisotopic (exact) mass is 378 g/mol. The van der Waals surface area contributed by atoms with Crippen molar-refractivity contribution in [1.29, 1.82) is 0 Å². The number of rotatable bonds is 4. The number of nitrogens with one attached hydrogen (secondary N) is 1. The molecule has 1 N–H and O–H groups in total. The number of hydrogen-bond donors (Lipinski definition) is 1. The second-order valence-electron chi connectivity index (χ2n) is 6.67. The first kappa shape index (κ1) is 19.3. The molecule has 2 aromatic heterocycles. The highest BCUT2D eigenvalue weighted by Crippen LogP contribution is 2.27. The van der Waals surface area contributed by atoms with Gasteiger partial charge in [0.15, 0.2) is 0 Å². The van der Waals surface area contributed by atoms with Crippen LogP contribution in [0.3, 0.4) is 0 Å². The summed E-state index contributed by atoms with van der Waals surface area (Å²) >= 11 is 0. The molecule has 1 fully saturated rings. The van der Waals surface area contributed by atoms with Crippen LogP contribution in [0.2, 0.25) is 0 Å². The normalized spacial score (nSPS) is 17.5. The summed E-state index contributed by atoms with van der Waals surface area (Å²) in [5.74, 6) is -0.392. The minimum atomic E-state index is -4.51. The van der Waals surface area contributed by atoms with Crippen molar-refractivity contribution in [2.24, 2.45) is 0 Å². The van der Waals surface area contributed by atoms with E-state index < -0.39 is 17.8 Å².